The molecule has 0 bridgehead atoms. The van der Waals surface area contributed by atoms with Crippen molar-refractivity contribution in [1.82, 2.24) is 10.2 Å². The molecule has 1 aliphatic heterocycles. The van der Waals surface area contributed by atoms with Crippen molar-refractivity contribution in [3.63, 3.8) is 0 Å². The summed E-state index contributed by atoms with van der Waals surface area (Å²) in [6, 6.07) is 4.56. The maximum atomic E-state index is 5.48. The van der Waals surface area contributed by atoms with Crippen LogP contribution in [-0.4, -0.2) is 30.6 Å². The Hall–Kier alpha value is -0.320. The Bertz CT molecular complexity index is 300. The van der Waals surface area contributed by atoms with Crippen LogP contribution in [0.25, 0.3) is 0 Å². The van der Waals surface area contributed by atoms with Gasteiger partial charge in [0.2, 0.25) is 0 Å². The molecule has 1 saturated heterocycles. The highest BCUT2D eigenvalue weighted by Gasteiger charge is 2.16. The molecule has 78 valence electrons. The van der Waals surface area contributed by atoms with E-state index in [1.165, 1.54) is 0 Å². The van der Waals surface area contributed by atoms with E-state index in [1.807, 2.05) is 12.1 Å². The lowest BCUT2D eigenvalue weighted by Crippen LogP contribution is -2.48. The monoisotopic (exact) mass is 258 g/mol. The van der Waals surface area contributed by atoms with Crippen molar-refractivity contribution >= 4 is 15.9 Å². The van der Waals surface area contributed by atoms with Gasteiger partial charge >= 0.3 is 0 Å². The van der Waals surface area contributed by atoms with Crippen LogP contribution in [0.15, 0.2) is 21.2 Å². The van der Waals surface area contributed by atoms with Crippen LogP contribution in [0.1, 0.15) is 12.7 Å². The molecule has 0 aliphatic carbocycles. The SMILES string of the molecule is C[C@@H]1CN(Cc2ccc(Br)o2)CCN1. The number of nitrogens with zero attached hydrogens (tertiary/aromatic N) is 1. The Kier molecular flexibility index (Phi) is 3.26. The molecule has 1 aromatic heterocycles. The molecular formula is C10H15BrN2O. The van der Waals surface area contributed by atoms with Crippen LogP contribution in [0.5, 0.6) is 0 Å². The molecule has 1 aromatic rings. The predicted octanol–water partition coefficient (Wildman–Crippen LogP) is 1.84. The molecule has 0 saturated carbocycles. The molecule has 1 atom stereocenters. The van der Waals surface area contributed by atoms with Crippen molar-refractivity contribution in [3.05, 3.63) is 22.6 Å². The fourth-order valence-corrected chi connectivity index (χ4v) is 2.15. The first kappa shape index (κ1) is 10.2. The first-order valence-corrected chi connectivity index (χ1v) is 5.73. The highest BCUT2D eigenvalue weighted by atomic mass is 79.9. The van der Waals surface area contributed by atoms with Crippen LogP contribution >= 0.6 is 15.9 Å². The highest BCUT2D eigenvalue weighted by Crippen LogP contribution is 2.16. The summed E-state index contributed by atoms with van der Waals surface area (Å²) in [5, 5.41) is 3.42. The lowest BCUT2D eigenvalue weighted by Gasteiger charge is -2.30. The van der Waals surface area contributed by atoms with E-state index in [1.54, 1.807) is 0 Å². The molecule has 2 rings (SSSR count). The summed E-state index contributed by atoms with van der Waals surface area (Å²) in [4.78, 5) is 2.41. The normalized spacial score (nSPS) is 24.0. The summed E-state index contributed by atoms with van der Waals surface area (Å²) in [6.45, 7) is 6.39. The van der Waals surface area contributed by atoms with Crippen molar-refractivity contribution in [2.45, 2.75) is 19.5 Å². The van der Waals surface area contributed by atoms with E-state index in [4.69, 9.17) is 4.42 Å². The summed E-state index contributed by atoms with van der Waals surface area (Å²) >= 11 is 3.31. The van der Waals surface area contributed by atoms with Gasteiger partial charge < -0.3 is 9.73 Å². The highest BCUT2D eigenvalue weighted by molar-refractivity contribution is 9.10. The molecule has 2 heterocycles. The third-order valence-electron chi connectivity index (χ3n) is 2.46. The number of hydrogen-bond acceptors (Lipinski definition) is 3. The molecule has 3 nitrogen and oxygen atoms in total. The summed E-state index contributed by atoms with van der Waals surface area (Å²) in [5.41, 5.74) is 0. The summed E-state index contributed by atoms with van der Waals surface area (Å²) in [6.07, 6.45) is 0. The van der Waals surface area contributed by atoms with Crippen LogP contribution in [0.3, 0.4) is 0 Å². The fourth-order valence-electron chi connectivity index (χ4n) is 1.81. The van der Waals surface area contributed by atoms with Crippen LogP contribution in [0, 0.1) is 0 Å². The molecule has 14 heavy (non-hydrogen) atoms. The smallest absolute Gasteiger partial charge is 0.169 e. The van der Waals surface area contributed by atoms with Gasteiger partial charge in [-0.1, -0.05) is 0 Å². The standard InChI is InChI=1S/C10H15BrN2O/c1-8-6-13(5-4-12-8)7-9-2-3-10(11)14-9/h2-3,8,12H,4-7H2,1H3/t8-/m1/s1. The maximum absolute atomic E-state index is 5.48. The lowest BCUT2D eigenvalue weighted by molar-refractivity contribution is 0.186. The zero-order chi connectivity index (χ0) is 9.97. The molecule has 0 amide bonds. The Morgan fingerprint density at radius 2 is 2.50 bits per heavy atom. The van der Waals surface area contributed by atoms with Crippen LogP contribution in [0.2, 0.25) is 0 Å². The van der Waals surface area contributed by atoms with Crippen LogP contribution < -0.4 is 5.32 Å². The third kappa shape index (κ3) is 2.59. The van der Waals surface area contributed by atoms with Crippen molar-refractivity contribution in [1.29, 1.82) is 0 Å². The van der Waals surface area contributed by atoms with Gasteiger partial charge in [0.15, 0.2) is 4.67 Å². The minimum atomic E-state index is 0.585. The molecule has 0 radical (unpaired) electrons. The molecule has 1 aliphatic rings. The van der Waals surface area contributed by atoms with E-state index in [0.29, 0.717) is 6.04 Å². The van der Waals surface area contributed by atoms with Gasteiger partial charge in [-0.2, -0.15) is 0 Å². The van der Waals surface area contributed by atoms with Gasteiger partial charge in [0.25, 0.3) is 0 Å². The van der Waals surface area contributed by atoms with E-state index in [-0.39, 0.29) is 0 Å². The zero-order valence-electron chi connectivity index (χ0n) is 8.29. The maximum Gasteiger partial charge on any atom is 0.169 e. The van der Waals surface area contributed by atoms with E-state index >= 15 is 0 Å². The van der Waals surface area contributed by atoms with E-state index in [9.17, 15) is 0 Å². The number of nitrogens with one attached hydrogen (secondary N) is 1. The number of piperazine rings is 1. The third-order valence-corrected chi connectivity index (χ3v) is 2.89. The predicted molar refractivity (Wildman–Crippen MR) is 59.1 cm³/mol. The summed E-state index contributed by atoms with van der Waals surface area (Å²) in [5.74, 6) is 1.03. The Morgan fingerprint density at radius 1 is 1.64 bits per heavy atom. The minimum absolute atomic E-state index is 0.585. The Balaban J connectivity index is 1.90. The first-order valence-electron chi connectivity index (χ1n) is 4.94. The molecule has 1 N–H and O–H groups in total. The van der Waals surface area contributed by atoms with Crippen molar-refractivity contribution in [2.75, 3.05) is 19.6 Å². The Labute approximate surface area is 92.6 Å². The summed E-state index contributed by atoms with van der Waals surface area (Å²) in [7, 11) is 0. The van der Waals surface area contributed by atoms with E-state index in [0.717, 1.165) is 36.6 Å². The minimum Gasteiger partial charge on any atom is -0.453 e. The second kappa shape index (κ2) is 4.47. The van der Waals surface area contributed by atoms with Crippen molar-refractivity contribution < 1.29 is 4.42 Å². The quantitative estimate of drug-likeness (QED) is 0.878. The van der Waals surface area contributed by atoms with Gasteiger partial charge in [-0.05, 0) is 35.0 Å². The largest absolute Gasteiger partial charge is 0.453 e. The molecule has 0 unspecified atom stereocenters. The molecular weight excluding hydrogens is 244 g/mol. The van der Waals surface area contributed by atoms with Crippen molar-refractivity contribution in [2.24, 2.45) is 0 Å². The van der Waals surface area contributed by atoms with Crippen LogP contribution in [0.4, 0.5) is 0 Å². The lowest BCUT2D eigenvalue weighted by atomic mass is 10.2. The van der Waals surface area contributed by atoms with Gasteiger partial charge in [0.05, 0.1) is 6.54 Å². The topological polar surface area (TPSA) is 28.4 Å². The number of furan rings is 1. The molecule has 0 aromatic carbocycles. The number of hydrogen-bond donors (Lipinski definition) is 1. The molecule has 1 fully saturated rings. The first-order chi connectivity index (χ1) is 6.74. The summed E-state index contributed by atoms with van der Waals surface area (Å²) < 4.78 is 6.29. The fraction of sp³-hybridized carbons (Fsp3) is 0.600. The Morgan fingerprint density at radius 3 is 3.14 bits per heavy atom. The molecule has 0 spiro atoms. The molecule has 4 heteroatoms. The second-order valence-corrected chi connectivity index (χ2v) is 4.58. The average Bonchev–Trinajstić information content (AvgIpc) is 2.51. The number of halogens is 1. The van der Waals surface area contributed by atoms with Gasteiger partial charge in [-0.25, -0.2) is 0 Å². The van der Waals surface area contributed by atoms with Gasteiger partial charge in [0, 0.05) is 25.7 Å². The average molecular weight is 259 g/mol. The zero-order valence-corrected chi connectivity index (χ0v) is 9.88. The van der Waals surface area contributed by atoms with Crippen LogP contribution in [-0.2, 0) is 6.54 Å². The van der Waals surface area contributed by atoms with E-state index in [2.05, 4.69) is 33.1 Å². The number of rotatable bonds is 2. The second-order valence-electron chi connectivity index (χ2n) is 3.80. The van der Waals surface area contributed by atoms with Gasteiger partial charge in [-0.3, -0.25) is 4.90 Å². The van der Waals surface area contributed by atoms with Gasteiger partial charge in [-0.15, -0.1) is 0 Å². The van der Waals surface area contributed by atoms with Crippen molar-refractivity contribution in [3.8, 4) is 0 Å². The van der Waals surface area contributed by atoms with Gasteiger partial charge in [0.1, 0.15) is 5.76 Å². The van der Waals surface area contributed by atoms with E-state index < -0.39 is 0 Å².